The number of rotatable bonds is 2. The monoisotopic (exact) mass is 259 g/mol. The Bertz CT molecular complexity index is 318. The molecular formula is C10H14BrNS. The minimum atomic E-state index is 0.416. The van der Waals surface area contributed by atoms with Gasteiger partial charge in [0.15, 0.2) is 0 Å². The zero-order chi connectivity index (χ0) is 9.64. The van der Waals surface area contributed by atoms with Gasteiger partial charge in [-0.05, 0) is 45.9 Å². The van der Waals surface area contributed by atoms with E-state index in [2.05, 4.69) is 41.9 Å². The van der Waals surface area contributed by atoms with Crippen molar-refractivity contribution in [1.82, 2.24) is 0 Å². The fraction of sp³-hybridized carbons (Fsp3) is 0.600. The average Bonchev–Trinajstić information content (AvgIpc) is 2.41. The topological polar surface area (TPSA) is 26.0 Å². The van der Waals surface area contributed by atoms with Gasteiger partial charge in [-0.25, -0.2) is 0 Å². The molecule has 0 aliphatic heterocycles. The lowest BCUT2D eigenvalue weighted by Crippen LogP contribution is -2.05. The van der Waals surface area contributed by atoms with Crippen LogP contribution >= 0.6 is 27.3 Å². The Morgan fingerprint density at radius 1 is 1.54 bits per heavy atom. The normalized spacial score (nSPS) is 30.5. The highest BCUT2D eigenvalue weighted by Gasteiger charge is 2.57. The summed E-state index contributed by atoms with van der Waals surface area (Å²) in [5, 5.41) is 0. The number of nitrogens with two attached hydrogens (primary N) is 1. The van der Waals surface area contributed by atoms with Crippen LogP contribution in [0.3, 0.4) is 0 Å². The molecule has 1 nitrogen and oxygen atoms in total. The van der Waals surface area contributed by atoms with Crippen LogP contribution in [0, 0.1) is 11.3 Å². The van der Waals surface area contributed by atoms with Crippen molar-refractivity contribution in [2.75, 3.05) is 6.54 Å². The van der Waals surface area contributed by atoms with Gasteiger partial charge < -0.3 is 5.73 Å². The Labute approximate surface area is 91.5 Å². The molecule has 3 heteroatoms. The van der Waals surface area contributed by atoms with Crippen molar-refractivity contribution >= 4 is 27.3 Å². The van der Waals surface area contributed by atoms with E-state index in [0.29, 0.717) is 17.3 Å². The van der Waals surface area contributed by atoms with E-state index in [-0.39, 0.29) is 0 Å². The first-order valence-corrected chi connectivity index (χ1v) is 6.13. The molecule has 0 radical (unpaired) electrons. The maximum Gasteiger partial charge on any atom is 0.0701 e. The van der Waals surface area contributed by atoms with Crippen LogP contribution in [-0.2, 0) is 0 Å². The molecule has 13 heavy (non-hydrogen) atoms. The lowest BCUT2D eigenvalue weighted by atomic mass is 10.1. The van der Waals surface area contributed by atoms with Crippen molar-refractivity contribution in [3.8, 4) is 0 Å². The molecule has 0 spiro atoms. The summed E-state index contributed by atoms with van der Waals surface area (Å²) in [5.74, 6) is 1.37. The SMILES string of the molecule is CC1(C)C(CN)C1c1ccc(Br)s1. The van der Waals surface area contributed by atoms with Crippen LogP contribution in [0.4, 0.5) is 0 Å². The Morgan fingerprint density at radius 2 is 2.23 bits per heavy atom. The number of hydrogen-bond donors (Lipinski definition) is 1. The van der Waals surface area contributed by atoms with Gasteiger partial charge in [-0.1, -0.05) is 13.8 Å². The highest BCUT2D eigenvalue weighted by molar-refractivity contribution is 9.11. The van der Waals surface area contributed by atoms with Crippen molar-refractivity contribution in [2.45, 2.75) is 19.8 Å². The average molecular weight is 260 g/mol. The van der Waals surface area contributed by atoms with Gasteiger partial charge in [0, 0.05) is 10.8 Å². The second kappa shape index (κ2) is 3.07. The van der Waals surface area contributed by atoms with Gasteiger partial charge in [0.1, 0.15) is 0 Å². The van der Waals surface area contributed by atoms with Gasteiger partial charge in [-0.15, -0.1) is 11.3 Å². The first kappa shape index (κ1) is 9.69. The Balaban J connectivity index is 2.21. The zero-order valence-corrected chi connectivity index (χ0v) is 10.3. The molecule has 1 aliphatic rings. The highest BCUT2D eigenvalue weighted by atomic mass is 79.9. The van der Waals surface area contributed by atoms with Gasteiger partial charge in [0.25, 0.3) is 0 Å². The van der Waals surface area contributed by atoms with Gasteiger partial charge in [-0.2, -0.15) is 0 Å². The molecule has 1 fully saturated rings. The molecule has 2 rings (SSSR count). The van der Waals surface area contributed by atoms with Crippen molar-refractivity contribution in [1.29, 1.82) is 0 Å². The highest BCUT2D eigenvalue weighted by Crippen LogP contribution is 2.64. The first-order valence-electron chi connectivity index (χ1n) is 4.52. The van der Waals surface area contributed by atoms with E-state index in [0.717, 1.165) is 6.54 Å². The van der Waals surface area contributed by atoms with Gasteiger partial charge >= 0.3 is 0 Å². The van der Waals surface area contributed by atoms with E-state index in [4.69, 9.17) is 5.73 Å². The smallest absolute Gasteiger partial charge is 0.0701 e. The van der Waals surface area contributed by atoms with Gasteiger partial charge in [0.2, 0.25) is 0 Å². The van der Waals surface area contributed by atoms with Crippen LogP contribution < -0.4 is 5.73 Å². The van der Waals surface area contributed by atoms with Crippen molar-refractivity contribution in [2.24, 2.45) is 17.1 Å². The van der Waals surface area contributed by atoms with E-state index in [1.807, 2.05) is 11.3 Å². The molecule has 2 atom stereocenters. The van der Waals surface area contributed by atoms with Crippen LogP contribution in [0.2, 0.25) is 0 Å². The summed E-state index contributed by atoms with van der Waals surface area (Å²) >= 11 is 5.34. The lowest BCUT2D eigenvalue weighted by molar-refractivity contribution is 0.559. The second-order valence-corrected chi connectivity index (χ2v) is 6.78. The van der Waals surface area contributed by atoms with Crippen LogP contribution in [0.25, 0.3) is 0 Å². The minimum Gasteiger partial charge on any atom is -0.330 e. The van der Waals surface area contributed by atoms with E-state index >= 15 is 0 Å². The summed E-state index contributed by atoms with van der Waals surface area (Å²) in [6, 6.07) is 4.35. The quantitative estimate of drug-likeness (QED) is 0.868. The Hall–Kier alpha value is 0.140. The molecular weight excluding hydrogens is 246 g/mol. The van der Waals surface area contributed by atoms with Gasteiger partial charge in [0.05, 0.1) is 3.79 Å². The molecule has 1 heterocycles. The van der Waals surface area contributed by atoms with E-state index in [1.54, 1.807) is 0 Å². The van der Waals surface area contributed by atoms with Crippen molar-refractivity contribution < 1.29 is 0 Å². The molecule has 2 unspecified atom stereocenters. The molecule has 1 aliphatic carbocycles. The molecule has 1 aromatic rings. The Kier molecular flexibility index (Phi) is 2.29. The summed E-state index contributed by atoms with van der Waals surface area (Å²) in [6.07, 6.45) is 0. The predicted molar refractivity (Wildman–Crippen MR) is 61.1 cm³/mol. The molecule has 0 saturated heterocycles. The predicted octanol–water partition coefficient (Wildman–Crippen LogP) is 3.21. The van der Waals surface area contributed by atoms with Crippen LogP contribution in [-0.4, -0.2) is 6.54 Å². The Morgan fingerprint density at radius 3 is 2.62 bits per heavy atom. The van der Waals surface area contributed by atoms with Crippen molar-refractivity contribution in [3.05, 3.63) is 20.8 Å². The standard InChI is InChI=1S/C10H14BrNS/c1-10(2)6(5-12)9(10)7-3-4-8(11)13-7/h3-4,6,9H,5,12H2,1-2H3. The van der Waals surface area contributed by atoms with E-state index in [9.17, 15) is 0 Å². The summed E-state index contributed by atoms with van der Waals surface area (Å²) < 4.78 is 1.22. The molecule has 0 amide bonds. The third-order valence-electron chi connectivity index (χ3n) is 3.20. The summed E-state index contributed by atoms with van der Waals surface area (Å²) in [4.78, 5) is 1.48. The first-order chi connectivity index (χ1) is 6.07. The lowest BCUT2D eigenvalue weighted by Gasteiger charge is -1.98. The third-order valence-corrected chi connectivity index (χ3v) is 4.91. The number of halogens is 1. The van der Waals surface area contributed by atoms with Gasteiger partial charge in [-0.3, -0.25) is 0 Å². The maximum atomic E-state index is 5.74. The molecule has 1 saturated carbocycles. The van der Waals surface area contributed by atoms with E-state index < -0.39 is 0 Å². The molecule has 1 aromatic heterocycles. The molecule has 72 valence electrons. The fourth-order valence-corrected chi connectivity index (χ4v) is 4.03. The summed E-state index contributed by atoms with van der Waals surface area (Å²) in [6.45, 7) is 5.43. The maximum absolute atomic E-state index is 5.74. The molecule has 0 bridgehead atoms. The number of thiophene rings is 1. The second-order valence-electron chi connectivity index (χ2n) is 4.28. The van der Waals surface area contributed by atoms with Crippen LogP contribution in [0.5, 0.6) is 0 Å². The number of hydrogen-bond acceptors (Lipinski definition) is 2. The molecule has 0 aromatic carbocycles. The van der Waals surface area contributed by atoms with Crippen LogP contribution in [0.15, 0.2) is 15.9 Å². The zero-order valence-electron chi connectivity index (χ0n) is 7.88. The van der Waals surface area contributed by atoms with Crippen LogP contribution in [0.1, 0.15) is 24.6 Å². The largest absolute Gasteiger partial charge is 0.330 e. The third kappa shape index (κ3) is 1.47. The van der Waals surface area contributed by atoms with Crippen molar-refractivity contribution in [3.63, 3.8) is 0 Å². The summed E-state index contributed by atoms with van der Waals surface area (Å²) in [7, 11) is 0. The molecule has 2 N–H and O–H groups in total. The minimum absolute atomic E-state index is 0.416. The fourth-order valence-electron chi connectivity index (χ4n) is 2.24. The summed E-state index contributed by atoms with van der Waals surface area (Å²) in [5.41, 5.74) is 6.15. The van der Waals surface area contributed by atoms with E-state index in [1.165, 1.54) is 8.66 Å².